The monoisotopic (exact) mass is 550 g/mol. The summed E-state index contributed by atoms with van der Waals surface area (Å²) in [5.74, 6) is -0.844. The van der Waals surface area contributed by atoms with Crippen LogP contribution in [0.2, 0.25) is 0 Å². The van der Waals surface area contributed by atoms with Gasteiger partial charge in [-0.1, -0.05) is 175 Å². The van der Waals surface area contributed by atoms with Crippen molar-refractivity contribution >= 4 is 11.9 Å². The molecule has 4 heteroatoms. The van der Waals surface area contributed by atoms with Crippen LogP contribution in [0, 0.1) is 0 Å². The highest BCUT2D eigenvalue weighted by molar-refractivity contribution is 5.93. The number of ether oxygens (including phenoxy) is 2. The van der Waals surface area contributed by atoms with Crippen LogP contribution in [0.4, 0.5) is 0 Å². The maximum Gasteiger partial charge on any atom is 0.333 e. The van der Waals surface area contributed by atoms with Crippen molar-refractivity contribution in [2.45, 2.75) is 187 Å². The molecule has 0 radical (unpaired) electrons. The Balaban J connectivity index is 3.42. The standard InChI is InChI=1S/C35H66O4/c1-4-6-8-10-12-14-16-18-20-22-24-26-28-30-38-34(36)32-33(3)35(37)39-31-29-27-25-23-21-19-17-15-13-11-9-7-5-2/h3-32H2,1-2H3. The lowest BCUT2D eigenvalue weighted by Gasteiger charge is -2.08. The predicted octanol–water partition coefficient (Wildman–Crippen LogP) is 11.2. The summed E-state index contributed by atoms with van der Waals surface area (Å²) in [4.78, 5) is 24.1. The van der Waals surface area contributed by atoms with Gasteiger partial charge in [0.1, 0.15) is 0 Å². The van der Waals surface area contributed by atoms with Gasteiger partial charge in [0, 0.05) is 5.57 Å². The third-order valence-electron chi connectivity index (χ3n) is 7.64. The Morgan fingerprint density at radius 1 is 0.436 bits per heavy atom. The molecule has 0 aliphatic carbocycles. The molecule has 0 bridgehead atoms. The number of carbonyl (C=O) groups excluding carboxylic acids is 2. The van der Waals surface area contributed by atoms with E-state index < -0.39 is 5.97 Å². The molecule has 0 unspecified atom stereocenters. The Morgan fingerprint density at radius 2 is 0.718 bits per heavy atom. The number of esters is 2. The van der Waals surface area contributed by atoms with E-state index in [0.29, 0.717) is 13.2 Å². The Bertz CT molecular complexity index is 557. The van der Waals surface area contributed by atoms with Gasteiger partial charge in [0.2, 0.25) is 0 Å². The molecule has 0 saturated carbocycles. The Morgan fingerprint density at radius 3 is 1.05 bits per heavy atom. The lowest BCUT2D eigenvalue weighted by molar-refractivity contribution is -0.146. The van der Waals surface area contributed by atoms with Crippen LogP contribution in [0.1, 0.15) is 187 Å². The van der Waals surface area contributed by atoms with E-state index in [9.17, 15) is 9.59 Å². The normalized spacial score (nSPS) is 11.0. The first-order valence-electron chi connectivity index (χ1n) is 17.1. The lowest BCUT2D eigenvalue weighted by Crippen LogP contribution is -2.14. The molecule has 0 aromatic rings. The molecule has 0 rings (SSSR count). The fourth-order valence-electron chi connectivity index (χ4n) is 4.99. The summed E-state index contributed by atoms with van der Waals surface area (Å²) in [7, 11) is 0. The smallest absolute Gasteiger partial charge is 0.333 e. The summed E-state index contributed by atoms with van der Waals surface area (Å²) in [6, 6.07) is 0. The largest absolute Gasteiger partial charge is 0.465 e. The van der Waals surface area contributed by atoms with Crippen LogP contribution in [-0.4, -0.2) is 25.2 Å². The molecule has 0 aliphatic heterocycles. The quantitative estimate of drug-likeness (QED) is 0.0489. The van der Waals surface area contributed by atoms with Crippen molar-refractivity contribution in [2.24, 2.45) is 0 Å². The molecule has 0 aromatic heterocycles. The summed E-state index contributed by atoms with van der Waals surface area (Å²) in [5.41, 5.74) is 0.194. The van der Waals surface area contributed by atoms with Gasteiger partial charge >= 0.3 is 11.9 Å². The molecule has 0 saturated heterocycles. The highest BCUT2D eigenvalue weighted by Crippen LogP contribution is 2.14. The summed E-state index contributed by atoms with van der Waals surface area (Å²) in [6.45, 7) is 9.09. The molecule has 0 atom stereocenters. The van der Waals surface area contributed by atoms with E-state index in [-0.39, 0.29) is 18.0 Å². The summed E-state index contributed by atoms with van der Waals surface area (Å²) in [5, 5.41) is 0. The third kappa shape index (κ3) is 29.5. The summed E-state index contributed by atoms with van der Waals surface area (Å²) < 4.78 is 10.6. The van der Waals surface area contributed by atoms with E-state index in [2.05, 4.69) is 20.4 Å². The second-order valence-corrected chi connectivity index (χ2v) is 11.6. The van der Waals surface area contributed by atoms with Gasteiger partial charge in [-0.3, -0.25) is 4.79 Å². The van der Waals surface area contributed by atoms with Crippen molar-refractivity contribution in [1.82, 2.24) is 0 Å². The van der Waals surface area contributed by atoms with Gasteiger partial charge in [-0.25, -0.2) is 4.79 Å². The molecule has 39 heavy (non-hydrogen) atoms. The molecule has 0 aliphatic rings. The van der Waals surface area contributed by atoms with Crippen LogP contribution in [0.25, 0.3) is 0 Å². The van der Waals surface area contributed by atoms with Crippen LogP contribution < -0.4 is 0 Å². The van der Waals surface area contributed by atoms with E-state index in [4.69, 9.17) is 9.47 Å². The van der Waals surface area contributed by atoms with Crippen molar-refractivity contribution in [2.75, 3.05) is 13.2 Å². The first kappa shape index (κ1) is 37.7. The SMILES string of the molecule is C=C(CC(=O)OCCCCCCCCCCCCCCC)C(=O)OCCCCCCCCCCCCCCC. The lowest BCUT2D eigenvalue weighted by atomic mass is 10.0. The molecule has 0 heterocycles. The third-order valence-corrected chi connectivity index (χ3v) is 7.64. The molecule has 0 aromatic carbocycles. The van der Waals surface area contributed by atoms with Gasteiger partial charge < -0.3 is 9.47 Å². The number of hydrogen-bond acceptors (Lipinski definition) is 4. The van der Waals surface area contributed by atoms with Crippen molar-refractivity contribution in [3.8, 4) is 0 Å². The maximum atomic E-state index is 12.1. The minimum atomic E-state index is -0.466. The minimum absolute atomic E-state index is 0.0735. The van der Waals surface area contributed by atoms with Crippen LogP contribution in [-0.2, 0) is 19.1 Å². The Hall–Kier alpha value is -1.32. The van der Waals surface area contributed by atoms with Crippen LogP contribution in [0.3, 0.4) is 0 Å². The van der Waals surface area contributed by atoms with Gasteiger partial charge in [0.25, 0.3) is 0 Å². The van der Waals surface area contributed by atoms with Gasteiger partial charge in [0.15, 0.2) is 0 Å². The Kier molecular flexibility index (Phi) is 30.2. The van der Waals surface area contributed by atoms with E-state index in [1.807, 2.05) is 0 Å². The van der Waals surface area contributed by atoms with E-state index in [1.165, 1.54) is 141 Å². The van der Waals surface area contributed by atoms with Gasteiger partial charge in [-0.05, 0) is 12.8 Å². The molecule has 0 spiro atoms. The van der Waals surface area contributed by atoms with E-state index in [0.717, 1.165) is 25.7 Å². The highest BCUT2D eigenvalue weighted by atomic mass is 16.5. The van der Waals surface area contributed by atoms with Gasteiger partial charge in [0.05, 0.1) is 19.6 Å². The average molecular weight is 551 g/mol. The zero-order valence-electron chi connectivity index (χ0n) is 26.3. The zero-order chi connectivity index (χ0) is 28.7. The second kappa shape index (κ2) is 31.2. The number of unbranched alkanes of at least 4 members (excludes halogenated alkanes) is 24. The topological polar surface area (TPSA) is 52.6 Å². The van der Waals surface area contributed by atoms with E-state index >= 15 is 0 Å². The predicted molar refractivity (Wildman–Crippen MR) is 167 cm³/mol. The number of rotatable bonds is 31. The molecule has 4 nitrogen and oxygen atoms in total. The van der Waals surface area contributed by atoms with Crippen molar-refractivity contribution < 1.29 is 19.1 Å². The molecular weight excluding hydrogens is 484 g/mol. The zero-order valence-corrected chi connectivity index (χ0v) is 26.3. The summed E-state index contributed by atoms with van der Waals surface area (Å²) >= 11 is 0. The Labute approximate surface area is 243 Å². The van der Waals surface area contributed by atoms with Crippen molar-refractivity contribution in [3.63, 3.8) is 0 Å². The van der Waals surface area contributed by atoms with Crippen LogP contribution in [0.5, 0.6) is 0 Å². The van der Waals surface area contributed by atoms with Crippen LogP contribution >= 0.6 is 0 Å². The van der Waals surface area contributed by atoms with Gasteiger partial charge in [-0.2, -0.15) is 0 Å². The van der Waals surface area contributed by atoms with Crippen LogP contribution in [0.15, 0.2) is 12.2 Å². The summed E-state index contributed by atoms with van der Waals surface area (Å²) in [6.07, 6.45) is 33.4. The van der Waals surface area contributed by atoms with Crippen molar-refractivity contribution in [3.05, 3.63) is 12.2 Å². The molecule has 0 N–H and O–H groups in total. The molecular formula is C35H66O4. The first-order chi connectivity index (χ1) is 19.1. The average Bonchev–Trinajstić information content (AvgIpc) is 2.93. The first-order valence-corrected chi connectivity index (χ1v) is 17.1. The van der Waals surface area contributed by atoms with Gasteiger partial charge in [-0.15, -0.1) is 0 Å². The molecule has 0 amide bonds. The fraction of sp³-hybridized carbons (Fsp3) is 0.886. The maximum absolute atomic E-state index is 12.1. The highest BCUT2D eigenvalue weighted by Gasteiger charge is 2.14. The molecule has 230 valence electrons. The van der Waals surface area contributed by atoms with E-state index in [1.54, 1.807) is 0 Å². The van der Waals surface area contributed by atoms with Crippen molar-refractivity contribution in [1.29, 1.82) is 0 Å². The minimum Gasteiger partial charge on any atom is -0.465 e. The number of carbonyl (C=O) groups is 2. The number of hydrogen-bond donors (Lipinski definition) is 0. The fourth-order valence-corrected chi connectivity index (χ4v) is 4.99. The second-order valence-electron chi connectivity index (χ2n) is 11.6. The molecule has 0 fully saturated rings.